The Kier molecular flexibility index (Phi) is 3.98. The van der Waals surface area contributed by atoms with Gasteiger partial charge in [0.05, 0.1) is 5.56 Å². The van der Waals surface area contributed by atoms with E-state index in [1.54, 1.807) is 11.0 Å². The molecular formula is C12H14FIN2O. The smallest absolute Gasteiger partial charge is 0.255 e. The molecule has 0 bridgehead atoms. The molecule has 17 heavy (non-hydrogen) atoms. The van der Waals surface area contributed by atoms with E-state index in [0.717, 1.165) is 16.7 Å². The fourth-order valence-electron chi connectivity index (χ4n) is 1.96. The Labute approximate surface area is 114 Å². The van der Waals surface area contributed by atoms with Crippen LogP contribution < -0.4 is 5.32 Å². The molecule has 3 nitrogen and oxygen atoms in total. The van der Waals surface area contributed by atoms with Crippen molar-refractivity contribution < 1.29 is 9.18 Å². The van der Waals surface area contributed by atoms with Crippen molar-refractivity contribution >= 4 is 28.5 Å². The first-order chi connectivity index (χ1) is 8.09. The first-order valence-electron chi connectivity index (χ1n) is 5.56. The fourth-order valence-corrected chi connectivity index (χ4v) is 2.53. The van der Waals surface area contributed by atoms with Crippen LogP contribution in [0.5, 0.6) is 0 Å². The molecular weight excluding hydrogens is 334 g/mol. The van der Waals surface area contributed by atoms with Crippen molar-refractivity contribution in [3.05, 3.63) is 33.1 Å². The maximum Gasteiger partial charge on any atom is 0.255 e. The summed E-state index contributed by atoms with van der Waals surface area (Å²) >= 11 is 2.07. The number of carbonyl (C=O) groups is 1. The van der Waals surface area contributed by atoms with Gasteiger partial charge in [-0.05, 0) is 47.7 Å². The first-order valence-corrected chi connectivity index (χ1v) is 6.64. The monoisotopic (exact) mass is 348 g/mol. The molecule has 0 unspecified atom stereocenters. The molecule has 1 saturated heterocycles. The first kappa shape index (κ1) is 12.8. The van der Waals surface area contributed by atoms with Crippen LogP contribution in [0.3, 0.4) is 0 Å². The number of amides is 1. The third-order valence-corrected chi connectivity index (χ3v) is 3.86. The SMILES string of the molecule is C[C@H]1CNCCN1C(=O)c1cc(F)ccc1I. The van der Waals surface area contributed by atoms with E-state index in [9.17, 15) is 9.18 Å². The number of hydrogen-bond acceptors (Lipinski definition) is 2. The molecule has 1 aromatic rings. The molecule has 2 rings (SSSR count). The molecule has 0 spiro atoms. The van der Waals surface area contributed by atoms with Crippen LogP contribution in [0.25, 0.3) is 0 Å². The summed E-state index contributed by atoms with van der Waals surface area (Å²) in [5, 5.41) is 3.23. The maximum absolute atomic E-state index is 13.2. The van der Waals surface area contributed by atoms with Crippen LogP contribution in [0.4, 0.5) is 4.39 Å². The number of carbonyl (C=O) groups excluding carboxylic acids is 1. The van der Waals surface area contributed by atoms with Crippen molar-refractivity contribution in [1.82, 2.24) is 10.2 Å². The molecule has 0 aliphatic carbocycles. The molecule has 1 atom stereocenters. The highest BCUT2D eigenvalue weighted by molar-refractivity contribution is 14.1. The Morgan fingerprint density at radius 1 is 1.59 bits per heavy atom. The minimum absolute atomic E-state index is 0.0806. The molecule has 1 amide bonds. The zero-order valence-corrected chi connectivity index (χ0v) is 11.7. The number of nitrogens with zero attached hydrogens (tertiary/aromatic N) is 1. The van der Waals surface area contributed by atoms with E-state index in [-0.39, 0.29) is 17.8 Å². The number of rotatable bonds is 1. The van der Waals surface area contributed by atoms with Gasteiger partial charge in [-0.1, -0.05) is 0 Å². The van der Waals surface area contributed by atoms with Gasteiger partial charge in [0.1, 0.15) is 5.82 Å². The second-order valence-corrected chi connectivity index (χ2v) is 5.34. The van der Waals surface area contributed by atoms with E-state index in [1.807, 2.05) is 6.92 Å². The molecule has 92 valence electrons. The molecule has 1 aliphatic heterocycles. The molecule has 0 radical (unpaired) electrons. The summed E-state index contributed by atoms with van der Waals surface area (Å²) in [7, 11) is 0. The van der Waals surface area contributed by atoms with Gasteiger partial charge in [-0.3, -0.25) is 4.79 Å². The summed E-state index contributed by atoms with van der Waals surface area (Å²) in [5.74, 6) is -0.445. The van der Waals surface area contributed by atoms with Crippen molar-refractivity contribution in [2.75, 3.05) is 19.6 Å². The number of piperazine rings is 1. The second-order valence-electron chi connectivity index (χ2n) is 4.18. The highest BCUT2D eigenvalue weighted by Crippen LogP contribution is 2.18. The molecule has 5 heteroatoms. The standard InChI is InChI=1S/C12H14FIN2O/c1-8-7-15-4-5-16(8)12(17)10-6-9(13)2-3-11(10)14/h2-3,6,8,15H,4-5,7H2,1H3/t8-/m0/s1. The lowest BCUT2D eigenvalue weighted by Crippen LogP contribution is -2.52. The van der Waals surface area contributed by atoms with Gasteiger partial charge in [-0.15, -0.1) is 0 Å². The van der Waals surface area contributed by atoms with E-state index in [4.69, 9.17) is 0 Å². The zero-order chi connectivity index (χ0) is 12.4. The summed E-state index contributed by atoms with van der Waals surface area (Å²) in [5.41, 5.74) is 0.458. The van der Waals surface area contributed by atoms with E-state index < -0.39 is 0 Å². The Bertz CT molecular complexity index is 439. The maximum atomic E-state index is 13.2. The van der Waals surface area contributed by atoms with Crippen LogP contribution in [-0.2, 0) is 0 Å². The molecule has 1 aliphatic rings. The van der Waals surface area contributed by atoms with E-state index in [1.165, 1.54) is 12.1 Å². The van der Waals surface area contributed by atoms with Crippen molar-refractivity contribution in [3.63, 3.8) is 0 Å². The second kappa shape index (κ2) is 5.30. The molecule has 1 heterocycles. The Hall–Kier alpha value is -0.690. The van der Waals surface area contributed by atoms with Crippen LogP contribution in [0, 0.1) is 9.39 Å². The lowest BCUT2D eigenvalue weighted by Gasteiger charge is -2.34. The van der Waals surface area contributed by atoms with Crippen molar-refractivity contribution in [2.45, 2.75) is 13.0 Å². The van der Waals surface area contributed by atoms with Crippen LogP contribution in [0.2, 0.25) is 0 Å². The van der Waals surface area contributed by atoms with Crippen LogP contribution in [-0.4, -0.2) is 36.5 Å². The van der Waals surface area contributed by atoms with Gasteiger partial charge in [0.15, 0.2) is 0 Å². The number of hydrogen-bond donors (Lipinski definition) is 1. The lowest BCUT2D eigenvalue weighted by atomic mass is 10.1. The lowest BCUT2D eigenvalue weighted by molar-refractivity contribution is 0.0654. The van der Waals surface area contributed by atoms with Crippen molar-refractivity contribution in [1.29, 1.82) is 0 Å². The number of benzene rings is 1. The average Bonchev–Trinajstić information content (AvgIpc) is 2.32. The van der Waals surface area contributed by atoms with E-state index in [0.29, 0.717) is 12.1 Å². The van der Waals surface area contributed by atoms with Gasteiger partial charge in [0.2, 0.25) is 0 Å². The molecule has 1 N–H and O–H groups in total. The summed E-state index contributed by atoms with van der Waals surface area (Å²) in [6.07, 6.45) is 0. The topological polar surface area (TPSA) is 32.3 Å². The summed E-state index contributed by atoms with van der Waals surface area (Å²) in [4.78, 5) is 14.1. The number of nitrogens with one attached hydrogen (secondary N) is 1. The quantitative estimate of drug-likeness (QED) is 0.786. The predicted molar refractivity (Wildman–Crippen MR) is 72.5 cm³/mol. The minimum atomic E-state index is -0.364. The molecule has 0 saturated carbocycles. The van der Waals surface area contributed by atoms with Gasteiger partial charge in [0, 0.05) is 29.2 Å². The average molecular weight is 348 g/mol. The normalized spacial score (nSPS) is 20.4. The third kappa shape index (κ3) is 2.77. The summed E-state index contributed by atoms with van der Waals surface area (Å²) in [6.45, 7) is 4.25. The van der Waals surface area contributed by atoms with E-state index >= 15 is 0 Å². The Morgan fingerprint density at radius 2 is 2.35 bits per heavy atom. The largest absolute Gasteiger partial charge is 0.333 e. The fraction of sp³-hybridized carbons (Fsp3) is 0.417. The third-order valence-electron chi connectivity index (χ3n) is 2.92. The van der Waals surface area contributed by atoms with Crippen molar-refractivity contribution in [2.24, 2.45) is 0 Å². The van der Waals surface area contributed by atoms with Gasteiger partial charge in [-0.25, -0.2) is 4.39 Å². The number of halogens is 2. The van der Waals surface area contributed by atoms with Gasteiger partial charge < -0.3 is 10.2 Å². The van der Waals surface area contributed by atoms with Gasteiger partial charge >= 0.3 is 0 Å². The van der Waals surface area contributed by atoms with Crippen molar-refractivity contribution in [3.8, 4) is 0 Å². The molecule has 1 fully saturated rings. The van der Waals surface area contributed by atoms with Crippen LogP contribution >= 0.6 is 22.6 Å². The molecule has 0 aromatic heterocycles. The Balaban J connectivity index is 2.26. The van der Waals surface area contributed by atoms with Gasteiger partial charge in [0.25, 0.3) is 5.91 Å². The predicted octanol–water partition coefficient (Wildman–Crippen LogP) is 1.86. The highest BCUT2D eigenvalue weighted by Gasteiger charge is 2.25. The molecule has 1 aromatic carbocycles. The van der Waals surface area contributed by atoms with Crippen LogP contribution in [0.15, 0.2) is 18.2 Å². The zero-order valence-electron chi connectivity index (χ0n) is 9.54. The Morgan fingerprint density at radius 3 is 3.06 bits per heavy atom. The minimum Gasteiger partial charge on any atom is -0.333 e. The summed E-state index contributed by atoms with van der Waals surface area (Å²) in [6, 6.07) is 4.48. The highest BCUT2D eigenvalue weighted by atomic mass is 127. The van der Waals surface area contributed by atoms with E-state index in [2.05, 4.69) is 27.9 Å². The summed E-state index contributed by atoms with van der Waals surface area (Å²) < 4.78 is 14.0. The van der Waals surface area contributed by atoms with Crippen LogP contribution in [0.1, 0.15) is 17.3 Å². The van der Waals surface area contributed by atoms with Gasteiger partial charge in [-0.2, -0.15) is 0 Å².